The highest BCUT2D eigenvalue weighted by Crippen LogP contribution is 2.08. The summed E-state index contributed by atoms with van der Waals surface area (Å²) in [5, 5.41) is 0. The summed E-state index contributed by atoms with van der Waals surface area (Å²) < 4.78 is 5.14. The molecule has 2 nitrogen and oxygen atoms in total. The van der Waals surface area contributed by atoms with E-state index in [2.05, 4.69) is 13.5 Å². The third-order valence-electron chi connectivity index (χ3n) is 2.80. The molecule has 0 fully saturated rings. The van der Waals surface area contributed by atoms with Gasteiger partial charge in [0.2, 0.25) is 0 Å². The molecule has 0 aliphatic heterocycles. The molecule has 2 heteroatoms. The molecule has 0 saturated heterocycles. The Morgan fingerprint density at radius 1 is 1.06 bits per heavy atom. The van der Waals surface area contributed by atoms with Crippen LogP contribution in [-0.4, -0.2) is 12.6 Å². The second kappa shape index (κ2) is 13.3. The van der Waals surface area contributed by atoms with Gasteiger partial charge < -0.3 is 4.74 Å². The minimum atomic E-state index is -0.0211. The molecule has 100 valence electrons. The molecule has 0 aliphatic carbocycles. The van der Waals surface area contributed by atoms with Gasteiger partial charge in [0.15, 0.2) is 0 Å². The van der Waals surface area contributed by atoms with Gasteiger partial charge in [0, 0.05) is 6.42 Å². The van der Waals surface area contributed by atoms with Crippen LogP contribution in [0.1, 0.15) is 71.1 Å². The summed E-state index contributed by atoms with van der Waals surface area (Å²) in [5.74, 6) is -0.0211. The number of esters is 1. The van der Waals surface area contributed by atoms with Crippen molar-refractivity contribution in [1.82, 2.24) is 0 Å². The topological polar surface area (TPSA) is 26.3 Å². The fourth-order valence-corrected chi connectivity index (χ4v) is 1.70. The van der Waals surface area contributed by atoms with Crippen LogP contribution in [0.3, 0.4) is 0 Å². The van der Waals surface area contributed by atoms with Gasteiger partial charge in [-0.1, -0.05) is 45.1 Å². The van der Waals surface area contributed by atoms with E-state index in [0.717, 1.165) is 32.1 Å². The number of allylic oxidation sites excluding steroid dienone is 1. The minimum absolute atomic E-state index is 0.0211. The Labute approximate surface area is 106 Å². The molecule has 0 N–H and O–H groups in total. The van der Waals surface area contributed by atoms with E-state index in [4.69, 9.17) is 4.74 Å². The lowest BCUT2D eigenvalue weighted by Crippen LogP contribution is -2.05. The quantitative estimate of drug-likeness (QED) is 0.282. The van der Waals surface area contributed by atoms with Crippen molar-refractivity contribution in [3.63, 3.8) is 0 Å². The minimum Gasteiger partial charge on any atom is -0.466 e. The van der Waals surface area contributed by atoms with E-state index in [1.807, 2.05) is 6.08 Å². The first kappa shape index (κ1) is 16.2. The molecule has 0 aliphatic rings. The molecule has 0 atom stereocenters. The van der Waals surface area contributed by atoms with Crippen LogP contribution < -0.4 is 0 Å². The van der Waals surface area contributed by atoms with Crippen molar-refractivity contribution in [3.05, 3.63) is 12.7 Å². The normalized spacial score (nSPS) is 10.2. The van der Waals surface area contributed by atoms with Gasteiger partial charge in [0.25, 0.3) is 0 Å². The Morgan fingerprint density at radius 3 is 2.47 bits per heavy atom. The van der Waals surface area contributed by atoms with Gasteiger partial charge in [-0.05, 0) is 25.7 Å². The molecule has 0 aromatic rings. The number of ether oxygens (including phenoxy) is 1. The van der Waals surface area contributed by atoms with Gasteiger partial charge in [0.1, 0.15) is 0 Å². The first-order valence-electron chi connectivity index (χ1n) is 7.07. The maximum absolute atomic E-state index is 11.3. The Bertz CT molecular complexity index is 187. The third kappa shape index (κ3) is 13.1. The number of rotatable bonds is 12. The van der Waals surface area contributed by atoms with Crippen molar-refractivity contribution in [2.75, 3.05) is 6.61 Å². The zero-order valence-electron chi connectivity index (χ0n) is 11.4. The summed E-state index contributed by atoms with van der Waals surface area (Å²) in [4.78, 5) is 11.3. The molecular formula is C15H28O2. The van der Waals surface area contributed by atoms with Gasteiger partial charge in [-0.2, -0.15) is 0 Å². The van der Waals surface area contributed by atoms with E-state index in [1.54, 1.807) is 0 Å². The van der Waals surface area contributed by atoms with Crippen LogP contribution in [0.4, 0.5) is 0 Å². The molecule has 0 bridgehead atoms. The van der Waals surface area contributed by atoms with Crippen molar-refractivity contribution in [2.24, 2.45) is 0 Å². The number of hydrogen-bond donors (Lipinski definition) is 0. The van der Waals surface area contributed by atoms with Crippen LogP contribution in [0.5, 0.6) is 0 Å². The molecule has 0 amide bonds. The monoisotopic (exact) mass is 240 g/mol. The van der Waals surface area contributed by atoms with Gasteiger partial charge in [0.05, 0.1) is 6.61 Å². The first-order valence-corrected chi connectivity index (χ1v) is 7.07. The van der Waals surface area contributed by atoms with Crippen molar-refractivity contribution >= 4 is 5.97 Å². The van der Waals surface area contributed by atoms with Crippen LogP contribution >= 0.6 is 0 Å². The van der Waals surface area contributed by atoms with Crippen LogP contribution in [0.2, 0.25) is 0 Å². The number of carbonyl (C=O) groups is 1. The lowest BCUT2D eigenvalue weighted by atomic mass is 10.1. The standard InChI is InChI=1S/C15H28O2/c1-3-5-7-8-9-10-11-13-15(16)17-14-12-6-4-2/h3H,1,4-14H2,2H3. The zero-order chi connectivity index (χ0) is 12.8. The predicted molar refractivity (Wildman–Crippen MR) is 73.0 cm³/mol. The number of unbranched alkanes of at least 4 members (excludes halogenated alkanes) is 7. The summed E-state index contributed by atoms with van der Waals surface area (Å²) in [6, 6.07) is 0. The van der Waals surface area contributed by atoms with Crippen LogP contribution in [-0.2, 0) is 9.53 Å². The van der Waals surface area contributed by atoms with Gasteiger partial charge >= 0.3 is 5.97 Å². The lowest BCUT2D eigenvalue weighted by molar-refractivity contribution is -0.143. The Morgan fingerprint density at radius 2 is 1.76 bits per heavy atom. The summed E-state index contributed by atoms with van der Waals surface area (Å²) in [7, 11) is 0. The molecular weight excluding hydrogens is 212 g/mol. The molecule has 0 aromatic carbocycles. The van der Waals surface area contributed by atoms with Gasteiger partial charge in [-0.25, -0.2) is 0 Å². The van der Waals surface area contributed by atoms with Crippen LogP contribution in [0, 0.1) is 0 Å². The maximum atomic E-state index is 11.3. The number of hydrogen-bond acceptors (Lipinski definition) is 2. The van der Waals surface area contributed by atoms with Crippen molar-refractivity contribution in [3.8, 4) is 0 Å². The van der Waals surface area contributed by atoms with Gasteiger partial charge in [-0.15, -0.1) is 6.58 Å². The molecule has 0 heterocycles. The summed E-state index contributed by atoms with van der Waals surface area (Å²) in [5.41, 5.74) is 0. The fraction of sp³-hybridized carbons (Fsp3) is 0.800. The Balaban J connectivity index is 3.13. The average molecular weight is 240 g/mol. The second-order valence-corrected chi connectivity index (χ2v) is 4.52. The van der Waals surface area contributed by atoms with Crippen molar-refractivity contribution < 1.29 is 9.53 Å². The van der Waals surface area contributed by atoms with Gasteiger partial charge in [-0.3, -0.25) is 4.79 Å². The second-order valence-electron chi connectivity index (χ2n) is 4.52. The van der Waals surface area contributed by atoms with Crippen molar-refractivity contribution in [2.45, 2.75) is 71.1 Å². The fourth-order valence-electron chi connectivity index (χ4n) is 1.70. The first-order chi connectivity index (χ1) is 8.31. The smallest absolute Gasteiger partial charge is 0.305 e. The highest BCUT2D eigenvalue weighted by molar-refractivity contribution is 5.69. The highest BCUT2D eigenvalue weighted by atomic mass is 16.5. The zero-order valence-corrected chi connectivity index (χ0v) is 11.4. The maximum Gasteiger partial charge on any atom is 0.305 e. The highest BCUT2D eigenvalue weighted by Gasteiger charge is 2.01. The van der Waals surface area contributed by atoms with Crippen molar-refractivity contribution in [1.29, 1.82) is 0 Å². The molecule has 0 rings (SSSR count). The molecule has 17 heavy (non-hydrogen) atoms. The van der Waals surface area contributed by atoms with E-state index in [0.29, 0.717) is 13.0 Å². The molecule has 0 saturated carbocycles. The van der Waals surface area contributed by atoms with E-state index >= 15 is 0 Å². The lowest BCUT2D eigenvalue weighted by Gasteiger charge is -2.04. The van der Waals surface area contributed by atoms with Crippen LogP contribution in [0.25, 0.3) is 0 Å². The number of carbonyl (C=O) groups excluding carboxylic acids is 1. The average Bonchev–Trinajstić information content (AvgIpc) is 2.33. The molecule has 0 aromatic heterocycles. The summed E-state index contributed by atoms with van der Waals surface area (Å²) in [6.07, 6.45) is 12.8. The molecule has 0 unspecified atom stereocenters. The summed E-state index contributed by atoms with van der Waals surface area (Å²) >= 11 is 0. The van der Waals surface area contributed by atoms with Crippen LogP contribution in [0.15, 0.2) is 12.7 Å². The van der Waals surface area contributed by atoms with E-state index < -0.39 is 0 Å². The Hall–Kier alpha value is -0.790. The SMILES string of the molecule is C=CCCCCCCCC(=O)OCCCCC. The third-order valence-corrected chi connectivity index (χ3v) is 2.80. The molecule has 0 radical (unpaired) electrons. The molecule has 0 spiro atoms. The van der Waals surface area contributed by atoms with E-state index in [1.165, 1.54) is 25.7 Å². The largest absolute Gasteiger partial charge is 0.466 e. The van der Waals surface area contributed by atoms with E-state index in [9.17, 15) is 4.79 Å². The predicted octanol–water partition coefficient (Wildman–Crippen LogP) is 4.64. The summed E-state index contributed by atoms with van der Waals surface area (Å²) in [6.45, 7) is 6.45. The van der Waals surface area contributed by atoms with E-state index in [-0.39, 0.29) is 5.97 Å². The Kier molecular flexibility index (Phi) is 12.7.